The lowest BCUT2D eigenvalue weighted by atomic mass is 10.1. The van der Waals surface area contributed by atoms with Gasteiger partial charge in [-0.15, -0.1) is 0 Å². The third-order valence-electron chi connectivity index (χ3n) is 1.91. The van der Waals surface area contributed by atoms with Crippen molar-refractivity contribution >= 4 is 22.7 Å². The number of fused-ring (bicyclic) bond motifs is 1. The summed E-state index contributed by atoms with van der Waals surface area (Å²) in [7, 11) is 0. The SMILES string of the molecule is Nc1ncnc2ccc(C(=O)O)cc12. The molecule has 0 aliphatic rings. The summed E-state index contributed by atoms with van der Waals surface area (Å²) in [5.74, 6) is -0.701. The Morgan fingerprint density at radius 3 is 2.86 bits per heavy atom. The second-order valence-corrected chi connectivity index (χ2v) is 2.80. The summed E-state index contributed by atoms with van der Waals surface area (Å²) in [5, 5.41) is 9.32. The number of aromatic nitrogens is 2. The lowest BCUT2D eigenvalue weighted by Gasteiger charge is -2.00. The molecular formula is C9H7N3O2. The normalized spacial score (nSPS) is 10.3. The van der Waals surface area contributed by atoms with Gasteiger partial charge in [-0.2, -0.15) is 0 Å². The van der Waals surface area contributed by atoms with Gasteiger partial charge in [-0.05, 0) is 18.2 Å². The molecule has 0 spiro atoms. The lowest BCUT2D eigenvalue weighted by molar-refractivity contribution is 0.0697. The average molecular weight is 189 g/mol. The molecule has 0 bridgehead atoms. The summed E-state index contributed by atoms with van der Waals surface area (Å²) >= 11 is 0. The standard InChI is InChI=1S/C9H7N3O2/c10-8-6-3-5(9(13)14)1-2-7(6)11-4-12-8/h1-4H,(H,13,14)(H2,10,11,12). The molecule has 1 heterocycles. The van der Waals surface area contributed by atoms with Crippen LogP contribution in [0.3, 0.4) is 0 Å². The summed E-state index contributed by atoms with van der Waals surface area (Å²) in [6.07, 6.45) is 1.35. The number of hydrogen-bond acceptors (Lipinski definition) is 4. The van der Waals surface area contributed by atoms with Crippen LogP contribution in [0, 0.1) is 0 Å². The molecule has 0 radical (unpaired) electrons. The fraction of sp³-hybridized carbons (Fsp3) is 0. The summed E-state index contributed by atoms with van der Waals surface area (Å²) in [6.45, 7) is 0. The van der Waals surface area contributed by atoms with Crippen LogP contribution in [0.15, 0.2) is 24.5 Å². The van der Waals surface area contributed by atoms with Crippen molar-refractivity contribution in [1.82, 2.24) is 9.97 Å². The van der Waals surface area contributed by atoms with Crippen molar-refractivity contribution in [2.45, 2.75) is 0 Å². The second-order valence-electron chi connectivity index (χ2n) is 2.80. The third kappa shape index (κ3) is 1.24. The molecule has 14 heavy (non-hydrogen) atoms. The lowest BCUT2D eigenvalue weighted by Crippen LogP contribution is -1.98. The van der Waals surface area contributed by atoms with Crippen molar-refractivity contribution in [3.63, 3.8) is 0 Å². The number of rotatable bonds is 1. The number of hydrogen-bond donors (Lipinski definition) is 2. The van der Waals surface area contributed by atoms with Crippen molar-refractivity contribution in [2.24, 2.45) is 0 Å². The number of carbonyl (C=O) groups is 1. The Bertz CT molecular complexity index is 510. The van der Waals surface area contributed by atoms with E-state index in [0.717, 1.165) is 0 Å². The van der Waals surface area contributed by atoms with Crippen LogP contribution in [0.25, 0.3) is 10.9 Å². The smallest absolute Gasteiger partial charge is 0.335 e. The van der Waals surface area contributed by atoms with Crippen LogP contribution in [0.2, 0.25) is 0 Å². The van der Waals surface area contributed by atoms with Gasteiger partial charge in [0.2, 0.25) is 0 Å². The van der Waals surface area contributed by atoms with E-state index in [1.807, 2.05) is 0 Å². The number of benzene rings is 1. The molecule has 2 aromatic rings. The highest BCUT2D eigenvalue weighted by molar-refractivity contribution is 5.96. The first-order chi connectivity index (χ1) is 6.68. The molecule has 3 N–H and O–H groups in total. The zero-order valence-electron chi connectivity index (χ0n) is 7.14. The summed E-state index contributed by atoms with van der Waals surface area (Å²) < 4.78 is 0. The van der Waals surface area contributed by atoms with Crippen LogP contribution in [0.4, 0.5) is 5.82 Å². The van der Waals surface area contributed by atoms with Gasteiger partial charge in [-0.25, -0.2) is 14.8 Å². The highest BCUT2D eigenvalue weighted by Gasteiger charge is 2.06. The number of nitrogens with zero attached hydrogens (tertiary/aromatic N) is 2. The van der Waals surface area contributed by atoms with Gasteiger partial charge in [0.05, 0.1) is 11.1 Å². The Morgan fingerprint density at radius 1 is 1.36 bits per heavy atom. The highest BCUT2D eigenvalue weighted by atomic mass is 16.4. The summed E-state index contributed by atoms with van der Waals surface area (Å²) in [6, 6.07) is 4.56. The monoisotopic (exact) mass is 189 g/mol. The molecule has 0 aliphatic heterocycles. The van der Waals surface area contributed by atoms with Crippen molar-refractivity contribution in [2.75, 3.05) is 5.73 Å². The van der Waals surface area contributed by atoms with E-state index >= 15 is 0 Å². The predicted octanol–water partition coefficient (Wildman–Crippen LogP) is 0.910. The first kappa shape index (κ1) is 8.43. The van der Waals surface area contributed by atoms with Gasteiger partial charge >= 0.3 is 5.97 Å². The van der Waals surface area contributed by atoms with Crippen LogP contribution in [-0.2, 0) is 0 Å². The van der Waals surface area contributed by atoms with Gasteiger partial charge in [-0.3, -0.25) is 0 Å². The first-order valence-corrected chi connectivity index (χ1v) is 3.92. The van der Waals surface area contributed by atoms with Crippen molar-refractivity contribution in [3.8, 4) is 0 Å². The molecule has 1 aromatic carbocycles. The zero-order chi connectivity index (χ0) is 10.1. The van der Waals surface area contributed by atoms with E-state index in [1.165, 1.54) is 18.5 Å². The van der Waals surface area contributed by atoms with E-state index in [4.69, 9.17) is 10.8 Å². The van der Waals surface area contributed by atoms with Gasteiger partial charge in [-0.1, -0.05) is 0 Å². The van der Waals surface area contributed by atoms with Gasteiger partial charge < -0.3 is 10.8 Å². The molecule has 0 fully saturated rings. The molecule has 0 aliphatic carbocycles. The van der Waals surface area contributed by atoms with Gasteiger partial charge in [0.15, 0.2) is 0 Å². The largest absolute Gasteiger partial charge is 0.478 e. The number of carboxylic acids is 1. The van der Waals surface area contributed by atoms with Gasteiger partial charge in [0, 0.05) is 5.39 Å². The minimum atomic E-state index is -0.991. The molecule has 0 saturated carbocycles. The Hall–Kier alpha value is -2.17. The molecule has 5 nitrogen and oxygen atoms in total. The molecule has 1 aromatic heterocycles. The number of nitrogens with two attached hydrogens (primary N) is 1. The number of aromatic carboxylic acids is 1. The van der Waals surface area contributed by atoms with E-state index in [1.54, 1.807) is 6.07 Å². The Balaban J connectivity index is 2.76. The molecule has 0 unspecified atom stereocenters. The first-order valence-electron chi connectivity index (χ1n) is 3.92. The minimum Gasteiger partial charge on any atom is -0.478 e. The predicted molar refractivity (Wildman–Crippen MR) is 50.9 cm³/mol. The Labute approximate surface area is 79.2 Å². The minimum absolute atomic E-state index is 0.180. The molecule has 0 saturated heterocycles. The maximum Gasteiger partial charge on any atom is 0.335 e. The second kappa shape index (κ2) is 2.95. The van der Waals surface area contributed by atoms with Crippen LogP contribution in [0.1, 0.15) is 10.4 Å². The molecule has 2 rings (SSSR count). The Kier molecular flexibility index (Phi) is 1.78. The van der Waals surface area contributed by atoms with E-state index in [2.05, 4.69) is 9.97 Å². The van der Waals surface area contributed by atoms with E-state index < -0.39 is 5.97 Å². The van der Waals surface area contributed by atoms with Crippen molar-refractivity contribution in [1.29, 1.82) is 0 Å². The van der Waals surface area contributed by atoms with Crippen molar-refractivity contribution in [3.05, 3.63) is 30.1 Å². The number of nitrogen functional groups attached to an aromatic ring is 1. The van der Waals surface area contributed by atoms with Crippen LogP contribution in [0.5, 0.6) is 0 Å². The molecule has 5 heteroatoms. The van der Waals surface area contributed by atoms with Crippen LogP contribution >= 0.6 is 0 Å². The topological polar surface area (TPSA) is 89.1 Å². The molecule has 70 valence electrons. The molecule has 0 amide bonds. The maximum absolute atomic E-state index is 10.7. The van der Waals surface area contributed by atoms with Crippen LogP contribution < -0.4 is 5.73 Å². The van der Waals surface area contributed by atoms with Gasteiger partial charge in [0.1, 0.15) is 12.1 Å². The van der Waals surface area contributed by atoms with Crippen molar-refractivity contribution < 1.29 is 9.90 Å². The van der Waals surface area contributed by atoms with E-state index in [9.17, 15) is 4.79 Å². The highest BCUT2D eigenvalue weighted by Crippen LogP contribution is 2.17. The summed E-state index contributed by atoms with van der Waals surface area (Å²) in [4.78, 5) is 18.4. The number of carboxylic acid groups (broad SMARTS) is 1. The third-order valence-corrected chi connectivity index (χ3v) is 1.91. The van der Waals surface area contributed by atoms with Gasteiger partial charge in [0.25, 0.3) is 0 Å². The van der Waals surface area contributed by atoms with Crippen LogP contribution in [-0.4, -0.2) is 21.0 Å². The number of anilines is 1. The Morgan fingerprint density at radius 2 is 2.14 bits per heavy atom. The molecule has 0 atom stereocenters. The van der Waals surface area contributed by atoms with E-state index in [0.29, 0.717) is 10.9 Å². The molecular weight excluding hydrogens is 182 g/mol. The summed E-state index contributed by atoms with van der Waals surface area (Å²) in [5.41, 5.74) is 6.40. The quantitative estimate of drug-likeness (QED) is 0.695. The zero-order valence-corrected chi connectivity index (χ0v) is 7.14. The fourth-order valence-corrected chi connectivity index (χ4v) is 1.21. The fourth-order valence-electron chi connectivity index (χ4n) is 1.21. The maximum atomic E-state index is 10.7. The van der Waals surface area contributed by atoms with E-state index in [-0.39, 0.29) is 11.4 Å². The average Bonchev–Trinajstić information content (AvgIpc) is 2.18.